The van der Waals surface area contributed by atoms with Crippen LogP contribution in [0.3, 0.4) is 0 Å². The maximum absolute atomic E-state index is 11.3. The molecule has 0 saturated heterocycles. The molecule has 0 aliphatic rings. The zero-order valence-corrected chi connectivity index (χ0v) is 14.4. The van der Waals surface area contributed by atoms with E-state index in [1.165, 1.54) is 11.3 Å². The van der Waals surface area contributed by atoms with E-state index in [4.69, 9.17) is 11.5 Å². The van der Waals surface area contributed by atoms with Crippen molar-refractivity contribution in [1.29, 1.82) is 0 Å². The Morgan fingerprint density at radius 2 is 2.04 bits per heavy atom. The Hall–Kier alpha value is -2.25. The van der Waals surface area contributed by atoms with E-state index in [1.54, 1.807) is 17.4 Å². The number of aryl methyl sites for hydroxylation is 2. The smallest absolute Gasteiger partial charge is 0.248 e. The van der Waals surface area contributed by atoms with Crippen LogP contribution in [0.4, 0.5) is 5.13 Å². The Morgan fingerprint density at radius 3 is 2.70 bits per heavy atom. The van der Waals surface area contributed by atoms with E-state index in [2.05, 4.69) is 9.97 Å². The van der Waals surface area contributed by atoms with Crippen molar-refractivity contribution in [2.24, 2.45) is 5.73 Å². The molecule has 4 N–H and O–H groups in total. The Balaban J connectivity index is 1.89. The highest BCUT2D eigenvalue weighted by molar-refractivity contribution is 7.19. The van der Waals surface area contributed by atoms with E-state index in [0.717, 1.165) is 32.4 Å². The van der Waals surface area contributed by atoms with E-state index in [9.17, 15) is 4.79 Å². The van der Waals surface area contributed by atoms with Gasteiger partial charge in [-0.05, 0) is 37.1 Å². The standard InChI is InChI=1S/C16H16N4OS2/c1-8-3-4-10(15(17)21)5-11(8)6-13-20-12(7-22-13)14-9(2)19-16(18)23-14/h3-5,7H,6H2,1-2H3,(H2,17,21)(H2,18,19). The Kier molecular flexibility index (Phi) is 4.14. The van der Waals surface area contributed by atoms with Crippen molar-refractivity contribution in [3.8, 4) is 10.6 Å². The molecular formula is C16H16N4OS2. The first-order valence-electron chi connectivity index (χ1n) is 7.01. The van der Waals surface area contributed by atoms with Gasteiger partial charge in [0.05, 0.1) is 21.3 Å². The van der Waals surface area contributed by atoms with Gasteiger partial charge in [-0.2, -0.15) is 0 Å². The lowest BCUT2D eigenvalue weighted by atomic mass is 10.0. The predicted octanol–water partition coefficient (Wildman–Crippen LogP) is 3.16. The van der Waals surface area contributed by atoms with Gasteiger partial charge in [-0.15, -0.1) is 11.3 Å². The number of aromatic nitrogens is 2. The van der Waals surface area contributed by atoms with Crippen LogP contribution >= 0.6 is 22.7 Å². The number of benzene rings is 1. The second-order valence-electron chi connectivity index (χ2n) is 5.28. The molecule has 5 nitrogen and oxygen atoms in total. The fraction of sp³-hybridized carbons (Fsp3) is 0.188. The summed E-state index contributed by atoms with van der Waals surface area (Å²) in [6, 6.07) is 5.50. The van der Waals surface area contributed by atoms with Gasteiger partial charge in [-0.25, -0.2) is 9.97 Å². The lowest BCUT2D eigenvalue weighted by Gasteiger charge is -2.05. The van der Waals surface area contributed by atoms with Gasteiger partial charge in [-0.3, -0.25) is 4.79 Å². The quantitative estimate of drug-likeness (QED) is 0.760. The zero-order valence-electron chi connectivity index (χ0n) is 12.8. The second-order valence-corrected chi connectivity index (χ2v) is 7.25. The summed E-state index contributed by atoms with van der Waals surface area (Å²) in [5, 5.41) is 3.55. The molecule has 1 aromatic carbocycles. The second kappa shape index (κ2) is 6.10. The monoisotopic (exact) mass is 344 g/mol. The minimum Gasteiger partial charge on any atom is -0.375 e. The van der Waals surface area contributed by atoms with Crippen molar-refractivity contribution in [1.82, 2.24) is 9.97 Å². The van der Waals surface area contributed by atoms with Crippen LogP contribution in [0.1, 0.15) is 32.2 Å². The molecule has 7 heteroatoms. The predicted molar refractivity (Wildman–Crippen MR) is 94.9 cm³/mol. The number of anilines is 1. The molecule has 0 unspecified atom stereocenters. The number of carbonyl (C=O) groups is 1. The number of amides is 1. The maximum atomic E-state index is 11.3. The summed E-state index contributed by atoms with van der Waals surface area (Å²) in [7, 11) is 0. The van der Waals surface area contributed by atoms with Crippen LogP contribution in [0.15, 0.2) is 23.6 Å². The molecule has 3 rings (SSSR count). The lowest BCUT2D eigenvalue weighted by Crippen LogP contribution is -2.11. The zero-order chi connectivity index (χ0) is 16.6. The van der Waals surface area contributed by atoms with Crippen molar-refractivity contribution in [2.75, 3.05) is 5.73 Å². The van der Waals surface area contributed by atoms with E-state index in [-0.39, 0.29) is 0 Å². The highest BCUT2D eigenvalue weighted by atomic mass is 32.1. The van der Waals surface area contributed by atoms with E-state index in [0.29, 0.717) is 17.1 Å². The number of hydrogen-bond acceptors (Lipinski definition) is 6. The summed E-state index contributed by atoms with van der Waals surface area (Å²) < 4.78 is 0. The third-order valence-electron chi connectivity index (χ3n) is 3.57. The summed E-state index contributed by atoms with van der Waals surface area (Å²) in [6.45, 7) is 3.95. The number of thiazole rings is 2. The number of nitrogens with two attached hydrogens (primary N) is 2. The third-order valence-corrected chi connectivity index (χ3v) is 5.43. The number of nitrogen functional groups attached to an aromatic ring is 1. The largest absolute Gasteiger partial charge is 0.375 e. The highest BCUT2D eigenvalue weighted by Crippen LogP contribution is 2.32. The van der Waals surface area contributed by atoms with Crippen LogP contribution in [-0.2, 0) is 6.42 Å². The summed E-state index contributed by atoms with van der Waals surface area (Å²) in [6.07, 6.45) is 0.672. The SMILES string of the molecule is Cc1ccc(C(N)=O)cc1Cc1nc(-c2sc(N)nc2C)cs1. The van der Waals surface area contributed by atoms with Crippen LogP contribution < -0.4 is 11.5 Å². The fourth-order valence-corrected chi connectivity index (χ4v) is 4.01. The van der Waals surface area contributed by atoms with Gasteiger partial charge in [0.2, 0.25) is 5.91 Å². The molecule has 0 saturated carbocycles. The van der Waals surface area contributed by atoms with E-state index < -0.39 is 5.91 Å². The molecule has 0 atom stereocenters. The normalized spacial score (nSPS) is 10.9. The molecular weight excluding hydrogens is 328 g/mol. The average molecular weight is 344 g/mol. The summed E-state index contributed by atoms with van der Waals surface area (Å²) in [5.74, 6) is -0.415. The molecule has 0 fully saturated rings. The van der Waals surface area contributed by atoms with Crippen LogP contribution in [0, 0.1) is 13.8 Å². The summed E-state index contributed by atoms with van der Waals surface area (Å²) >= 11 is 3.04. The van der Waals surface area contributed by atoms with Crippen LogP contribution in [0.2, 0.25) is 0 Å². The fourth-order valence-electron chi connectivity index (χ4n) is 2.33. The van der Waals surface area contributed by atoms with Gasteiger partial charge in [0.1, 0.15) is 0 Å². The number of carbonyl (C=O) groups excluding carboxylic acids is 1. The maximum Gasteiger partial charge on any atom is 0.248 e. The van der Waals surface area contributed by atoms with Gasteiger partial charge in [0.25, 0.3) is 0 Å². The van der Waals surface area contributed by atoms with Gasteiger partial charge in [-0.1, -0.05) is 17.4 Å². The highest BCUT2D eigenvalue weighted by Gasteiger charge is 2.13. The molecule has 23 heavy (non-hydrogen) atoms. The molecule has 0 bridgehead atoms. The number of nitrogens with zero attached hydrogens (tertiary/aromatic N) is 2. The summed E-state index contributed by atoms with van der Waals surface area (Å²) in [4.78, 5) is 21.3. The van der Waals surface area contributed by atoms with E-state index >= 15 is 0 Å². The molecule has 0 aliphatic heterocycles. The van der Waals surface area contributed by atoms with Gasteiger partial charge >= 0.3 is 0 Å². The van der Waals surface area contributed by atoms with Crippen molar-refractivity contribution in [3.05, 3.63) is 51.0 Å². The Morgan fingerprint density at radius 1 is 1.26 bits per heavy atom. The first-order chi connectivity index (χ1) is 10.9. The lowest BCUT2D eigenvalue weighted by molar-refractivity contribution is 0.1000. The number of hydrogen-bond donors (Lipinski definition) is 2. The van der Waals surface area contributed by atoms with Gasteiger partial charge in [0, 0.05) is 17.4 Å². The summed E-state index contributed by atoms with van der Waals surface area (Å²) in [5.41, 5.74) is 15.6. The van der Waals surface area contributed by atoms with Gasteiger partial charge in [0.15, 0.2) is 5.13 Å². The van der Waals surface area contributed by atoms with Crippen LogP contribution in [0.25, 0.3) is 10.6 Å². The first-order valence-corrected chi connectivity index (χ1v) is 8.70. The first kappa shape index (κ1) is 15.6. The molecule has 0 radical (unpaired) electrons. The van der Waals surface area contributed by atoms with Crippen LogP contribution in [-0.4, -0.2) is 15.9 Å². The molecule has 2 aromatic heterocycles. The average Bonchev–Trinajstić information content (AvgIpc) is 3.07. The Labute approximate surface area is 142 Å². The third kappa shape index (κ3) is 3.25. The number of primary amides is 1. The van der Waals surface area contributed by atoms with E-state index in [1.807, 2.05) is 31.4 Å². The molecule has 118 valence electrons. The molecule has 0 aliphatic carbocycles. The molecule has 3 aromatic rings. The molecule has 1 amide bonds. The van der Waals surface area contributed by atoms with Gasteiger partial charge < -0.3 is 11.5 Å². The van der Waals surface area contributed by atoms with Crippen molar-refractivity contribution < 1.29 is 4.79 Å². The topological polar surface area (TPSA) is 94.9 Å². The number of rotatable bonds is 4. The van der Waals surface area contributed by atoms with Crippen molar-refractivity contribution in [2.45, 2.75) is 20.3 Å². The Bertz CT molecular complexity index is 882. The van der Waals surface area contributed by atoms with Crippen molar-refractivity contribution >= 4 is 33.7 Å². The van der Waals surface area contributed by atoms with Crippen molar-refractivity contribution in [3.63, 3.8) is 0 Å². The minimum atomic E-state index is -0.415. The molecule has 0 spiro atoms. The van der Waals surface area contributed by atoms with Crippen LogP contribution in [0.5, 0.6) is 0 Å². The minimum absolute atomic E-state index is 0.415. The molecule has 2 heterocycles.